The molecule has 2 N–H and O–H groups in total. The number of nitro benzene ring substituents is 1. The minimum atomic E-state index is -0.515. The SMILES string of the molecule is COC(=O)c1cc2[nH]c(-c3cccc([N+](=O)[O-])c3OCCO)c(-c3ccccc3)c2s1. The fourth-order valence-electron chi connectivity index (χ4n) is 3.43. The molecule has 0 saturated heterocycles. The molecule has 0 spiro atoms. The molecule has 2 aromatic carbocycles. The number of aliphatic hydroxyl groups is 1. The Morgan fingerprint density at radius 3 is 2.65 bits per heavy atom. The zero-order chi connectivity index (χ0) is 22.0. The number of H-pyrrole nitrogens is 1. The minimum absolute atomic E-state index is 0.0702. The van der Waals surface area contributed by atoms with E-state index < -0.39 is 10.9 Å². The summed E-state index contributed by atoms with van der Waals surface area (Å²) >= 11 is 1.28. The van der Waals surface area contributed by atoms with E-state index in [-0.39, 0.29) is 24.7 Å². The molecule has 0 fully saturated rings. The van der Waals surface area contributed by atoms with Crippen molar-refractivity contribution in [3.05, 3.63) is 69.6 Å². The lowest BCUT2D eigenvalue weighted by atomic mass is 10.0. The predicted molar refractivity (Wildman–Crippen MR) is 118 cm³/mol. The number of para-hydroxylation sites is 1. The molecule has 0 aliphatic rings. The molecule has 31 heavy (non-hydrogen) atoms. The molecule has 0 bridgehead atoms. The highest BCUT2D eigenvalue weighted by Gasteiger charge is 2.26. The summed E-state index contributed by atoms with van der Waals surface area (Å²) in [6.07, 6.45) is 0. The van der Waals surface area contributed by atoms with E-state index >= 15 is 0 Å². The van der Waals surface area contributed by atoms with Crippen LogP contribution in [0, 0.1) is 10.1 Å². The van der Waals surface area contributed by atoms with Crippen LogP contribution in [0.4, 0.5) is 5.69 Å². The second kappa shape index (κ2) is 8.58. The van der Waals surface area contributed by atoms with Gasteiger partial charge in [0, 0.05) is 17.2 Å². The highest BCUT2D eigenvalue weighted by atomic mass is 32.1. The molecule has 2 heterocycles. The molecule has 0 saturated carbocycles. The van der Waals surface area contributed by atoms with Crippen LogP contribution in [0.3, 0.4) is 0 Å². The highest BCUT2D eigenvalue weighted by molar-refractivity contribution is 7.21. The van der Waals surface area contributed by atoms with Gasteiger partial charge in [0.1, 0.15) is 11.5 Å². The van der Waals surface area contributed by atoms with E-state index in [1.165, 1.54) is 24.5 Å². The first-order chi connectivity index (χ1) is 15.0. The zero-order valence-corrected chi connectivity index (χ0v) is 17.3. The lowest BCUT2D eigenvalue weighted by Gasteiger charge is -2.12. The number of hydrogen-bond donors (Lipinski definition) is 2. The number of carbonyl (C=O) groups is 1. The first-order valence-electron chi connectivity index (χ1n) is 9.35. The van der Waals surface area contributed by atoms with Gasteiger partial charge in [0.15, 0.2) is 0 Å². The number of nitro groups is 1. The topological polar surface area (TPSA) is 115 Å². The Labute approximate surface area is 180 Å². The Kier molecular flexibility index (Phi) is 5.70. The number of rotatable bonds is 7. The third-order valence-electron chi connectivity index (χ3n) is 4.72. The standard InChI is InChI=1S/C22H18N2O6S/c1-29-22(26)17-12-15-21(31-17)18(13-6-3-2-4-7-13)19(23-15)14-8-5-9-16(24(27)28)20(14)30-11-10-25/h2-9,12,23,25H,10-11H2,1H3. The second-order valence-corrected chi connectivity index (χ2v) is 7.62. The molecule has 0 amide bonds. The Morgan fingerprint density at radius 2 is 1.97 bits per heavy atom. The summed E-state index contributed by atoms with van der Waals surface area (Å²) in [6.45, 7) is -0.362. The first-order valence-corrected chi connectivity index (χ1v) is 10.2. The molecule has 0 aliphatic heterocycles. The quantitative estimate of drug-likeness (QED) is 0.247. The van der Waals surface area contributed by atoms with Crippen LogP contribution in [0.15, 0.2) is 54.6 Å². The molecule has 0 atom stereocenters. The molecule has 8 nitrogen and oxygen atoms in total. The maximum atomic E-state index is 12.0. The Morgan fingerprint density at radius 1 is 1.19 bits per heavy atom. The number of aliphatic hydroxyl groups excluding tert-OH is 1. The number of thiophene rings is 1. The van der Waals surface area contributed by atoms with E-state index in [0.29, 0.717) is 21.7 Å². The van der Waals surface area contributed by atoms with Gasteiger partial charge in [-0.2, -0.15) is 0 Å². The average molecular weight is 438 g/mol. The predicted octanol–water partition coefficient (Wildman–Crippen LogP) is 4.63. The molecule has 9 heteroatoms. The van der Waals surface area contributed by atoms with Gasteiger partial charge in [-0.3, -0.25) is 10.1 Å². The van der Waals surface area contributed by atoms with Crippen molar-refractivity contribution in [3.63, 3.8) is 0 Å². The smallest absolute Gasteiger partial charge is 0.348 e. The van der Waals surface area contributed by atoms with Crippen molar-refractivity contribution in [2.45, 2.75) is 0 Å². The molecule has 158 valence electrons. The number of aromatic amines is 1. The highest BCUT2D eigenvalue weighted by Crippen LogP contribution is 2.46. The first kappa shape index (κ1) is 20.6. The van der Waals surface area contributed by atoms with Gasteiger partial charge >= 0.3 is 11.7 Å². The lowest BCUT2D eigenvalue weighted by Crippen LogP contribution is -2.05. The third kappa shape index (κ3) is 3.76. The van der Waals surface area contributed by atoms with Gasteiger partial charge in [-0.25, -0.2) is 4.79 Å². The zero-order valence-electron chi connectivity index (χ0n) is 16.5. The lowest BCUT2D eigenvalue weighted by molar-refractivity contribution is -0.385. The number of esters is 1. The fraction of sp³-hybridized carbons (Fsp3) is 0.136. The average Bonchev–Trinajstić information content (AvgIpc) is 3.35. The molecule has 4 rings (SSSR count). The van der Waals surface area contributed by atoms with Crippen LogP contribution in [0.1, 0.15) is 9.67 Å². The summed E-state index contributed by atoms with van der Waals surface area (Å²) in [5.41, 5.74) is 3.30. The van der Waals surface area contributed by atoms with E-state index in [4.69, 9.17) is 9.47 Å². The van der Waals surface area contributed by atoms with E-state index in [1.54, 1.807) is 18.2 Å². The molecule has 0 unspecified atom stereocenters. The molecular weight excluding hydrogens is 420 g/mol. The monoisotopic (exact) mass is 438 g/mol. The molecule has 0 radical (unpaired) electrons. The molecular formula is C22H18N2O6S. The number of hydrogen-bond acceptors (Lipinski definition) is 7. The van der Waals surface area contributed by atoms with Crippen molar-refractivity contribution in [2.75, 3.05) is 20.3 Å². The summed E-state index contributed by atoms with van der Waals surface area (Å²) in [4.78, 5) is 26.9. The van der Waals surface area contributed by atoms with Gasteiger partial charge in [-0.15, -0.1) is 11.3 Å². The van der Waals surface area contributed by atoms with Gasteiger partial charge in [0.05, 0.1) is 34.6 Å². The van der Waals surface area contributed by atoms with Crippen LogP contribution < -0.4 is 4.74 Å². The number of nitrogens with one attached hydrogen (secondary N) is 1. The fourth-order valence-corrected chi connectivity index (χ4v) is 4.53. The molecule has 4 aromatic rings. The Hall–Kier alpha value is -3.69. The second-order valence-electron chi connectivity index (χ2n) is 6.57. The van der Waals surface area contributed by atoms with Gasteiger partial charge in [-0.1, -0.05) is 36.4 Å². The van der Waals surface area contributed by atoms with Crippen molar-refractivity contribution in [3.8, 4) is 28.1 Å². The van der Waals surface area contributed by atoms with E-state index in [0.717, 1.165) is 15.8 Å². The van der Waals surface area contributed by atoms with Crippen LogP contribution in [0.25, 0.3) is 32.6 Å². The Balaban J connectivity index is 2.00. The van der Waals surface area contributed by atoms with Crippen LogP contribution in [0.5, 0.6) is 5.75 Å². The summed E-state index contributed by atoms with van der Waals surface area (Å²) < 4.78 is 11.3. The van der Waals surface area contributed by atoms with E-state index in [1.807, 2.05) is 30.3 Å². The summed E-state index contributed by atoms with van der Waals surface area (Å²) in [6, 6.07) is 15.9. The van der Waals surface area contributed by atoms with Crippen molar-refractivity contribution in [1.29, 1.82) is 0 Å². The largest absolute Gasteiger partial charge is 0.484 e. The van der Waals surface area contributed by atoms with Crippen molar-refractivity contribution >= 4 is 33.2 Å². The van der Waals surface area contributed by atoms with Crippen molar-refractivity contribution in [2.24, 2.45) is 0 Å². The van der Waals surface area contributed by atoms with Crippen LogP contribution in [-0.4, -0.2) is 41.3 Å². The third-order valence-corrected chi connectivity index (χ3v) is 5.85. The van der Waals surface area contributed by atoms with Crippen LogP contribution in [0.2, 0.25) is 0 Å². The number of carbonyl (C=O) groups excluding carboxylic acids is 1. The number of methoxy groups -OCH3 is 1. The molecule has 2 aromatic heterocycles. The summed E-state index contributed by atoms with van der Waals surface area (Å²) in [5, 5.41) is 20.8. The van der Waals surface area contributed by atoms with Crippen molar-refractivity contribution in [1.82, 2.24) is 4.98 Å². The number of aromatic nitrogens is 1. The number of fused-ring (bicyclic) bond motifs is 1. The van der Waals surface area contributed by atoms with Gasteiger partial charge < -0.3 is 19.6 Å². The van der Waals surface area contributed by atoms with Gasteiger partial charge in [0.2, 0.25) is 5.75 Å². The van der Waals surface area contributed by atoms with Crippen LogP contribution in [-0.2, 0) is 4.74 Å². The van der Waals surface area contributed by atoms with E-state index in [2.05, 4.69) is 4.98 Å². The van der Waals surface area contributed by atoms with Crippen molar-refractivity contribution < 1.29 is 24.3 Å². The Bertz CT molecular complexity index is 1260. The maximum absolute atomic E-state index is 12.0. The van der Waals surface area contributed by atoms with Gasteiger partial charge in [0.25, 0.3) is 0 Å². The van der Waals surface area contributed by atoms with Gasteiger partial charge in [-0.05, 0) is 17.7 Å². The minimum Gasteiger partial charge on any atom is -0.484 e. The normalized spacial score (nSPS) is 10.9. The maximum Gasteiger partial charge on any atom is 0.348 e. The summed E-state index contributed by atoms with van der Waals surface area (Å²) in [5.74, 6) is -0.363. The summed E-state index contributed by atoms with van der Waals surface area (Å²) in [7, 11) is 1.33. The number of ether oxygens (including phenoxy) is 2. The van der Waals surface area contributed by atoms with Crippen LogP contribution >= 0.6 is 11.3 Å². The van der Waals surface area contributed by atoms with E-state index in [9.17, 15) is 20.0 Å². The number of nitrogens with zero attached hydrogens (tertiary/aromatic N) is 1. The molecule has 0 aliphatic carbocycles. The number of benzene rings is 2.